The molecule has 1 N–H and O–H groups in total. The second kappa shape index (κ2) is 20.7. The highest BCUT2D eigenvalue weighted by atomic mass is 35.5. The Balaban J connectivity index is 1.09. The SMILES string of the molecule is Cc1c(CCc2cc(CCC3CN=CC(C)C3)c(CC(=O)NCCP)cc2Cl)cccc1-c1cccc(OCc2cn(CCCN3CCN(C)CC3)nn2)c1C. The third-order valence-electron chi connectivity index (χ3n) is 11.5. The molecule has 300 valence electrons. The standard InChI is InChI=1S/C45H61ClN7O2P/c1-32-24-35(29-47-28-32)12-13-37-25-38(43(46)26-39(37)27-45(54)48-16-23-56)15-14-36-8-5-9-41(33(36)2)42-10-6-11-44(34(42)3)55-31-40-30-53(50-49-40)18-7-17-52-21-19-51(4)20-22-52/h5-6,8-11,25-26,28,30,32,35H,7,12-24,27,29,31,56H2,1-4H3,(H,48,54). The van der Waals surface area contributed by atoms with E-state index >= 15 is 0 Å². The van der Waals surface area contributed by atoms with Crippen LogP contribution < -0.4 is 10.1 Å². The molecular formula is C45H61ClN7O2P. The van der Waals surface area contributed by atoms with Crippen molar-refractivity contribution in [3.05, 3.63) is 98.8 Å². The van der Waals surface area contributed by atoms with E-state index in [0.717, 1.165) is 117 Å². The Kier molecular flexibility index (Phi) is 15.5. The molecule has 1 fully saturated rings. The van der Waals surface area contributed by atoms with E-state index in [1.54, 1.807) is 0 Å². The number of aryl methyl sites for hydroxylation is 4. The van der Waals surface area contributed by atoms with Crippen LogP contribution in [0.25, 0.3) is 11.1 Å². The fourth-order valence-corrected chi connectivity index (χ4v) is 8.56. The predicted molar refractivity (Wildman–Crippen MR) is 233 cm³/mol. The van der Waals surface area contributed by atoms with Crippen molar-refractivity contribution in [3.8, 4) is 16.9 Å². The maximum absolute atomic E-state index is 12.8. The molecule has 2 aliphatic heterocycles. The van der Waals surface area contributed by atoms with Crippen LogP contribution >= 0.6 is 20.8 Å². The lowest BCUT2D eigenvalue weighted by Crippen LogP contribution is -2.44. The monoisotopic (exact) mass is 797 g/mol. The van der Waals surface area contributed by atoms with Gasteiger partial charge in [-0.3, -0.25) is 14.5 Å². The smallest absolute Gasteiger partial charge is 0.224 e. The van der Waals surface area contributed by atoms with Crippen molar-refractivity contribution in [2.24, 2.45) is 16.8 Å². The van der Waals surface area contributed by atoms with Crippen LogP contribution in [0.15, 0.2) is 59.7 Å². The molecule has 0 aliphatic carbocycles. The van der Waals surface area contributed by atoms with Crippen LogP contribution in [0.4, 0.5) is 0 Å². The molecule has 56 heavy (non-hydrogen) atoms. The third-order valence-corrected chi connectivity index (χ3v) is 12.2. The zero-order chi connectivity index (χ0) is 39.4. The lowest BCUT2D eigenvalue weighted by atomic mass is 9.87. The summed E-state index contributed by atoms with van der Waals surface area (Å²) in [7, 11) is 4.86. The highest BCUT2D eigenvalue weighted by molar-refractivity contribution is 7.16. The first-order chi connectivity index (χ1) is 27.2. The van der Waals surface area contributed by atoms with Crippen LogP contribution in [0.1, 0.15) is 65.3 Å². The number of hydrogen-bond donors (Lipinski definition) is 1. The van der Waals surface area contributed by atoms with Crippen LogP contribution in [0, 0.1) is 25.7 Å². The summed E-state index contributed by atoms with van der Waals surface area (Å²) in [4.78, 5) is 22.3. The van der Waals surface area contributed by atoms with E-state index in [1.165, 1.54) is 34.2 Å². The van der Waals surface area contributed by atoms with Gasteiger partial charge in [0.2, 0.25) is 5.91 Å². The number of piperazine rings is 1. The predicted octanol–water partition coefficient (Wildman–Crippen LogP) is 7.41. The molecule has 1 saturated heterocycles. The lowest BCUT2D eigenvalue weighted by Gasteiger charge is -2.32. The molecule has 9 nitrogen and oxygen atoms in total. The first kappa shape index (κ1) is 42.0. The van der Waals surface area contributed by atoms with E-state index in [9.17, 15) is 4.79 Å². The van der Waals surface area contributed by atoms with Crippen molar-refractivity contribution in [1.82, 2.24) is 30.1 Å². The van der Waals surface area contributed by atoms with Crippen LogP contribution in [-0.2, 0) is 43.6 Å². The summed E-state index contributed by atoms with van der Waals surface area (Å²) >= 11 is 6.98. The summed E-state index contributed by atoms with van der Waals surface area (Å²) in [6.45, 7) is 15.0. The number of nitrogens with zero attached hydrogens (tertiary/aromatic N) is 6. The molecule has 11 heteroatoms. The molecule has 3 atom stereocenters. The maximum atomic E-state index is 12.8. The number of benzene rings is 3. The molecule has 2 aliphatic rings. The van der Waals surface area contributed by atoms with Gasteiger partial charge in [-0.15, -0.1) is 14.3 Å². The number of aliphatic imine (C=N–C) groups is 1. The van der Waals surface area contributed by atoms with Crippen molar-refractivity contribution in [2.75, 3.05) is 59.0 Å². The Labute approximate surface area is 341 Å². The number of amides is 1. The van der Waals surface area contributed by atoms with Crippen molar-refractivity contribution in [1.29, 1.82) is 0 Å². The Morgan fingerprint density at radius 2 is 1.71 bits per heavy atom. The molecule has 3 heterocycles. The van der Waals surface area contributed by atoms with Gasteiger partial charge in [0.25, 0.3) is 0 Å². The van der Waals surface area contributed by atoms with Gasteiger partial charge in [-0.1, -0.05) is 60.1 Å². The van der Waals surface area contributed by atoms with Crippen molar-refractivity contribution in [3.63, 3.8) is 0 Å². The summed E-state index contributed by atoms with van der Waals surface area (Å²) in [6.07, 6.45) is 11.2. The average molecular weight is 798 g/mol. The van der Waals surface area contributed by atoms with Gasteiger partial charge < -0.3 is 19.9 Å². The summed E-state index contributed by atoms with van der Waals surface area (Å²) in [5.74, 6) is 1.98. The van der Waals surface area contributed by atoms with E-state index in [0.29, 0.717) is 31.4 Å². The number of halogens is 1. The fraction of sp³-hybridized carbons (Fsp3) is 0.511. The van der Waals surface area contributed by atoms with Crippen molar-refractivity contribution in [2.45, 2.75) is 78.9 Å². The summed E-state index contributed by atoms with van der Waals surface area (Å²) in [5, 5.41) is 12.5. The van der Waals surface area contributed by atoms with Gasteiger partial charge in [0.05, 0.1) is 12.6 Å². The molecule has 0 radical (unpaired) electrons. The molecule has 3 aromatic carbocycles. The molecule has 6 rings (SSSR count). The third kappa shape index (κ3) is 11.7. The number of likely N-dealkylation sites (N-methyl/N-ethyl adjacent to an activating group) is 1. The molecule has 1 amide bonds. The number of carbonyl (C=O) groups excluding carboxylic acids is 1. The zero-order valence-electron chi connectivity index (χ0n) is 33.9. The first-order valence-corrected chi connectivity index (χ1v) is 21.7. The highest BCUT2D eigenvalue weighted by Crippen LogP contribution is 2.34. The van der Waals surface area contributed by atoms with Crippen molar-refractivity contribution >= 4 is 33.0 Å². The highest BCUT2D eigenvalue weighted by Gasteiger charge is 2.19. The Bertz CT molecular complexity index is 1940. The number of nitrogens with one attached hydrogen (secondary N) is 1. The van der Waals surface area contributed by atoms with Crippen LogP contribution in [-0.4, -0.2) is 95.9 Å². The molecule has 1 aromatic heterocycles. The molecule has 0 bridgehead atoms. The zero-order valence-corrected chi connectivity index (χ0v) is 35.8. The van der Waals surface area contributed by atoms with Crippen LogP contribution in [0.2, 0.25) is 5.02 Å². The summed E-state index contributed by atoms with van der Waals surface area (Å²) in [5.41, 5.74) is 10.3. The van der Waals surface area contributed by atoms with Gasteiger partial charge in [0.1, 0.15) is 18.1 Å². The second-order valence-corrected chi connectivity index (χ2v) is 16.9. The largest absolute Gasteiger partial charge is 0.487 e. The van der Waals surface area contributed by atoms with Gasteiger partial charge in [-0.2, -0.15) is 0 Å². The normalized spacial score (nSPS) is 17.7. The van der Waals surface area contributed by atoms with Crippen LogP contribution in [0.3, 0.4) is 0 Å². The minimum atomic E-state index is 0.0426. The molecule has 4 aromatic rings. The van der Waals surface area contributed by atoms with Gasteiger partial charge in [-0.25, -0.2) is 0 Å². The number of carbonyl (C=O) groups is 1. The van der Waals surface area contributed by atoms with Gasteiger partial charge in [0.15, 0.2) is 0 Å². The maximum Gasteiger partial charge on any atom is 0.224 e. The van der Waals surface area contributed by atoms with Crippen molar-refractivity contribution < 1.29 is 9.53 Å². The molecule has 0 spiro atoms. The summed E-state index contributed by atoms with van der Waals surface area (Å²) in [6, 6.07) is 17.2. The van der Waals surface area contributed by atoms with E-state index in [1.807, 2.05) is 23.0 Å². The number of hydrogen-bond acceptors (Lipinski definition) is 7. The van der Waals surface area contributed by atoms with Crippen LogP contribution in [0.5, 0.6) is 5.75 Å². The average Bonchev–Trinajstić information content (AvgIpc) is 3.65. The quantitative estimate of drug-likeness (QED) is 0.106. The lowest BCUT2D eigenvalue weighted by molar-refractivity contribution is -0.120. The number of rotatable bonds is 18. The number of ether oxygens (including phenoxy) is 1. The molecular weight excluding hydrogens is 737 g/mol. The first-order valence-electron chi connectivity index (χ1n) is 20.5. The Morgan fingerprint density at radius 1 is 0.946 bits per heavy atom. The van der Waals surface area contributed by atoms with E-state index < -0.39 is 0 Å². The minimum Gasteiger partial charge on any atom is -0.487 e. The van der Waals surface area contributed by atoms with Gasteiger partial charge >= 0.3 is 0 Å². The molecule has 3 unspecified atom stereocenters. The topological polar surface area (TPSA) is 87.9 Å². The number of aromatic nitrogens is 3. The van der Waals surface area contributed by atoms with Gasteiger partial charge in [-0.05, 0) is 134 Å². The van der Waals surface area contributed by atoms with Gasteiger partial charge in [0, 0.05) is 63.6 Å². The van der Waals surface area contributed by atoms with E-state index in [4.69, 9.17) is 16.3 Å². The van der Waals surface area contributed by atoms with E-state index in [-0.39, 0.29) is 5.91 Å². The Hall–Kier alpha value is -3.62. The second-order valence-electron chi connectivity index (χ2n) is 15.9. The fourth-order valence-electron chi connectivity index (χ4n) is 8.14. The minimum absolute atomic E-state index is 0.0426. The summed E-state index contributed by atoms with van der Waals surface area (Å²) < 4.78 is 8.29. The van der Waals surface area contributed by atoms with E-state index in [2.05, 4.69) is 110 Å². The Morgan fingerprint density at radius 3 is 2.50 bits per heavy atom. The molecule has 0 saturated carbocycles.